The summed E-state index contributed by atoms with van der Waals surface area (Å²) >= 11 is 5.73. The van der Waals surface area contributed by atoms with Crippen molar-refractivity contribution in [2.24, 2.45) is 0 Å². The number of halogens is 1. The van der Waals surface area contributed by atoms with E-state index in [1.165, 1.54) is 52.8 Å². The molecule has 0 N–H and O–H groups in total. The van der Waals surface area contributed by atoms with Crippen molar-refractivity contribution >= 4 is 85.7 Å². The Bertz CT molecular complexity index is 1940. The molecule has 0 saturated carbocycles. The van der Waals surface area contributed by atoms with E-state index in [1.807, 2.05) is 23.5 Å². The first kappa shape index (κ1) is 18.9. The third-order valence-corrected chi connectivity index (χ3v) is 8.51. The molecule has 0 fully saturated rings. The molecule has 0 unspecified atom stereocenters. The molecule has 7 rings (SSSR count). The average molecular weight is 503 g/mol. The molecule has 5 aromatic carbocycles. The smallest absolute Gasteiger partial charge is 0.187 e. The minimum Gasteiger partial charge on any atom is -0.309 e. The van der Waals surface area contributed by atoms with E-state index in [0.717, 1.165) is 10.2 Å². The lowest BCUT2D eigenvalue weighted by Gasteiger charge is -2.10. The molecule has 0 radical (unpaired) electrons. The van der Waals surface area contributed by atoms with E-state index in [4.69, 9.17) is 6.57 Å². The van der Waals surface area contributed by atoms with Crippen LogP contribution in [0.3, 0.4) is 0 Å². The van der Waals surface area contributed by atoms with Gasteiger partial charge in [0.1, 0.15) is 0 Å². The summed E-state index contributed by atoms with van der Waals surface area (Å²) in [5, 5.41) is 7.52. The van der Waals surface area contributed by atoms with Crippen LogP contribution in [0.1, 0.15) is 0 Å². The predicted octanol–water partition coefficient (Wildman–Crippen LogP) is 9.62. The van der Waals surface area contributed by atoms with Crippen LogP contribution in [-0.2, 0) is 0 Å². The average Bonchev–Trinajstić information content (AvgIpc) is 3.38. The number of nitrogens with zero attached hydrogens (tertiary/aromatic N) is 2. The van der Waals surface area contributed by atoms with Gasteiger partial charge in [0.15, 0.2) is 5.69 Å². The van der Waals surface area contributed by atoms with Gasteiger partial charge in [-0.3, -0.25) is 0 Å². The number of thiophene rings is 1. The zero-order chi connectivity index (χ0) is 22.1. The van der Waals surface area contributed by atoms with Gasteiger partial charge in [-0.1, -0.05) is 54.6 Å². The lowest BCUT2D eigenvalue weighted by Crippen LogP contribution is -1.93. The molecule has 0 aliphatic carbocycles. The van der Waals surface area contributed by atoms with Crippen LogP contribution in [-0.4, -0.2) is 4.57 Å². The van der Waals surface area contributed by atoms with Crippen molar-refractivity contribution in [1.29, 1.82) is 0 Å². The van der Waals surface area contributed by atoms with Crippen LogP contribution < -0.4 is 0 Å². The van der Waals surface area contributed by atoms with Gasteiger partial charge in [-0.2, -0.15) is 0 Å². The van der Waals surface area contributed by atoms with E-state index in [-0.39, 0.29) is 0 Å². The van der Waals surface area contributed by atoms with Crippen LogP contribution in [0.25, 0.3) is 63.3 Å². The first-order valence-electron chi connectivity index (χ1n) is 10.7. The minimum absolute atomic E-state index is 0.653. The molecule has 0 spiro atoms. The second kappa shape index (κ2) is 6.92. The second-order valence-electron chi connectivity index (χ2n) is 8.24. The molecule has 2 aromatic heterocycles. The molecule has 33 heavy (non-hydrogen) atoms. The Hall–Kier alpha value is -3.65. The minimum atomic E-state index is 0.653. The van der Waals surface area contributed by atoms with Gasteiger partial charge in [-0.15, -0.1) is 11.3 Å². The number of para-hydroxylation sites is 1. The summed E-state index contributed by atoms with van der Waals surface area (Å²) in [6, 6.07) is 32.0. The lowest BCUT2D eigenvalue weighted by molar-refractivity contribution is 1.19. The van der Waals surface area contributed by atoms with E-state index in [0.29, 0.717) is 5.69 Å². The third kappa shape index (κ3) is 2.64. The normalized spacial score (nSPS) is 11.8. The molecular formula is C29H15BrN2S. The van der Waals surface area contributed by atoms with Crippen LogP contribution >= 0.6 is 27.3 Å². The number of rotatable bonds is 1. The van der Waals surface area contributed by atoms with Crippen molar-refractivity contribution in [2.75, 3.05) is 0 Å². The van der Waals surface area contributed by atoms with Crippen LogP contribution in [0.15, 0.2) is 95.5 Å². The lowest BCUT2D eigenvalue weighted by atomic mass is 10.0. The number of aromatic nitrogens is 1. The summed E-state index contributed by atoms with van der Waals surface area (Å²) in [6.07, 6.45) is 0. The number of fused-ring (bicyclic) bond motifs is 8. The Morgan fingerprint density at radius 2 is 1.48 bits per heavy atom. The Morgan fingerprint density at radius 3 is 2.27 bits per heavy atom. The molecule has 0 amide bonds. The van der Waals surface area contributed by atoms with Gasteiger partial charge in [-0.25, -0.2) is 4.85 Å². The Balaban J connectivity index is 1.74. The zero-order valence-electron chi connectivity index (χ0n) is 17.3. The van der Waals surface area contributed by atoms with Crippen molar-refractivity contribution in [1.82, 2.24) is 4.57 Å². The molecule has 4 heteroatoms. The molecule has 0 aliphatic heterocycles. The predicted molar refractivity (Wildman–Crippen MR) is 145 cm³/mol. The summed E-state index contributed by atoms with van der Waals surface area (Å²) < 4.78 is 6.03. The highest BCUT2D eigenvalue weighted by atomic mass is 79.9. The Kier molecular flexibility index (Phi) is 3.96. The highest BCUT2D eigenvalue weighted by molar-refractivity contribution is 9.10. The quantitative estimate of drug-likeness (QED) is 0.197. The maximum absolute atomic E-state index is 7.33. The fraction of sp³-hybridized carbons (Fsp3) is 0. The molecule has 2 nitrogen and oxygen atoms in total. The van der Waals surface area contributed by atoms with Gasteiger partial charge in [0.25, 0.3) is 0 Å². The summed E-state index contributed by atoms with van der Waals surface area (Å²) in [5.74, 6) is 0. The Labute approximate surface area is 202 Å². The topological polar surface area (TPSA) is 9.29 Å². The van der Waals surface area contributed by atoms with Crippen LogP contribution in [0.5, 0.6) is 0 Å². The van der Waals surface area contributed by atoms with Crippen molar-refractivity contribution in [3.05, 3.63) is 107 Å². The standard InChI is InChI=1S/C29H15BrN2S/c1-31-19-10-12-20(13-11-19)32-25-9-5-4-8-21(25)22-16-24(30)29-27(28(22)32)23-14-17-6-2-3-7-18(17)15-26(23)33-29/h2-16H. The van der Waals surface area contributed by atoms with Crippen molar-refractivity contribution in [3.63, 3.8) is 0 Å². The Morgan fingerprint density at radius 1 is 0.758 bits per heavy atom. The first-order valence-corrected chi connectivity index (χ1v) is 12.3. The first-order chi connectivity index (χ1) is 16.2. The molecule has 7 aromatic rings. The van der Waals surface area contributed by atoms with Gasteiger partial charge in [0, 0.05) is 36.4 Å². The van der Waals surface area contributed by atoms with E-state index < -0.39 is 0 Å². The van der Waals surface area contributed by atoms with Crippen LogP contribution in [0.4, 0.5) is 5.69 Å². The molecule has 0 saturated heterocycles. The van der Waals surface area contributed by atoms with Gasteiger partial charge in [0.2, 0.25) is 0 Å². The fourth-order valence-electron chi connectivity index (χ4n) is 4.98. The molecule has 0 atom stereocenters. The molecule has 2 heterocycles. The van der Waals surface area contributed by atoms with Gasteiger partial charge in [0.05, 0.1) is 22.3 Å². The summed E-state index contributed by atoms with van der Waals surface area (Å²) in [6.45, 7) is 7.33. The number of benzene rings is 5. The maximum atomic E-state index is 7.33. The SMILES string of the molecule is [C-]#[N+]c1ccc(-n2c3ccccc3c3cc(Br)c4sc5cc6ccccc6cc5c4c32)cc1. The molecular weight excluding hydrogens is 488 g/mol. The van der Waals surface area contributed by atoms with Gasteiger partial charge in [-0.05, 0) is 63.1 Å². The molecule has 154 valence electrons. The molecule has 0 aliphatic rings. The highest BCUT2D eigenvalue weighted by Crippen LogP contribution is 2.47. The van der Waals surface area contributed by atoms with Gasteiger partial charge >= 0.3 is 0 Å². The highest BCUT2D eigenvalue weighted by Gasteiger charge is 2.20. The van der Waals surface area contributed by atoms with Gasteiger partial charge < -0.3 is 4.57 Å². The van der Waals surface area contributed by atoms with Crippen molar-refractivity contribution < 1.29 is 0 Å². The largest absolute Gasteiger partial charge is 0.309 e. The summed E-state index contributed by atoms with van der Waals surface area (Å²) in [7, 11) is 0. The van der Waals surface area contributed by atoms with Crippen LogP contribution in [0, 0.1) is 6.57 Å². The monoisotopic (exact) mass is 502 g/mol. The van der Waals surface area contributed by atoms with Crippen LogP contribution in [0.2, 0.25) is 0 Å². The van der Waals surface area contributed by atoms with Crippen molar-refractivity contribution in [3.8, 4) is 5.69 Å². The maximum Gasteiger partial charge on any atom is 0.187 e. The second-order valence-corrected chi connectivity index (χ2v) is 10.1. The summed E-state index contributed by atoms with van der Waals surface area (Å²) in [4.78, 5) is 3.58. The van der Waals surface area contributed by atoms with E-state index in [9.17, 15) is 0 Å². The zero-order valence-corrected chi connectivity index (χ0v) is 19.7. The number of hydrogen-bond acceptors (Lipinski definition) is 1. The third-order valence-electron chi connectivity index (χ3n) is 6.43. The van der Waals surface area contributed by atoms with E-state index in [1.54, 1.807) is 0 Å². The fourth-order valence-corrected chi connectivity index (χ4v) is 6.79. The van der Waals surface area contributed by atoms with Crippen molar-refractivity contribution in [2.45, 2.75) is 0 Å². The number of hydrogen-bond donors (Lipinski definition) is 0. The van der Waals surface area contributed by atoms with E-state index >= 15 is 0 Å². The van der Waals surface area contributed by atoms with E-state index in [2.05, 4.69) is 104 Å². The summed E-state index contributed by atoms with van der Waals surface area (Å²) in [5.41, 5.74) is 4.10. The molecule has 0 bridgehead atoms.